The van der Waals surface area contributed by atoms with E-state index in [0.717, 1.165) is 18.1 Å². The van der Waals surface area contributed by atoms with Crippen molar-refractivity contribution in [3.8, 4) is 0 Å². The molecule has 0 atom stereocenters. The van der Waals surface area contributed by atoms with Gasteiger partial charge in [-0.15, -0.1) is 22.9 Å². The highest BCUT2D eigenvalue weighted by atomic mass is 35.5. The maximum Gasteiger partial charge on any atom is 0.196 e. The van der Waals surface area contributed by atoms with Gasteiger partial charge in [-0.2, -0.15) is 0 Å². The zero-order valence-electron chi connectivity index (χ0n) is 8.29. The van der Waals surface area contributed by atoms with Crippen LogP contribution in [0.25, 0.3) is 0 Å². The molecule has 1 rings (SSSR count). The van der Waals surface area contributed by atoms with Crippen molar-refractivity contribution < 1.29 is 4.79 Å². The van der Waals surface area contributed by atoms with Gasteiger partial charge in [0, 0.05) is 19.0 Å². The van der Waals surface area contributed by atoms with E-state index in [0.29, 0.717) is 5.69 Å². The molecule has 0 spiro atoms. The lowest BCUT2D eigenvalue weighted by Crippen LogP contribution is -2.17. The summed E-state index contributed by atoms with van der Waals surface area (Å²) in [5, 5.41) is 2.63. The molecule has 0 amide bonds. The third-order valence-corrected chi connectivity index (χ3v) is 2.98. The van der Waals surface area contributed by atoms with E-state index in [1.807, 2.05) is 11.9 Å². The van der Waals surface area contributed by atoms with Crippen LogP contribution in [0.3, 0.4) is 0 Å². The predicted molar refractivity (Wildman–Crippen MR) is 60.7 cm³/mol. The normalized spacial score (nSPS) is 10.2. The molecule has 0 radical (unpaired) electrons. The largest absolute Gasteiger partial charge is 0.351 e. The summed E-state index contributed by atoms with van der Waals surface area (Å²) in [6.45, 7) is 3.05. The number of ketones is 1. The number of nitrogens with zero attached hydrogens (tertiary/aromatic N) is 2. The molecule has 0 saturated carbocycles. The van der Waals surface area contributed by atoms with E-state index in [1.54, 1.807) is 5.38 Å². The molecule has 0 aliphatic rings. The fourth-order valence-electron chi connectivity index (χ4n) is 1.07. The molecule has 14 heavy (non-hydrogen) atoms. The van der Waals surface area contributed by atoms with Gasteiger partial charge in [0.05, 0.1) is 5.88 Å². The number of Topliss-reactive ketones (excluding diaryl/α,β-unsaturated/α-hetero) is 1. The molecule has 0 saturated heterocycles. The van der Waals surface area contributed by atoms with Gasteiger partial charge in [-0.25, -0.2) is 4.98 Å². The molecule has 5 heteroatoms. The maximum atomic E-state index is 11.2. The van der Waals surface area contributed by atoms with Crippen molar-refractivity contribution in [1.82, 2.24) is 4.98 Å². The minimum Gasteiger partial charge on any atom is -0.351 e. The van der Waals surface area contributed by atoms with Gasteiger partial charge in [0.2, 0.25) is 0 Å². The van der Waals surface area contributed by atoms with E-state index in [9.17, 15) is 4.79 Å². The summed E-state index contributed by atoms with van der Waals surface area (Å²) >= 11 is 6.91. The summed E-state index contributed by atoms with van der Waals surface area (Å²) in [4.78, 5) is 17.4. The highest BCUT2D eigenvalue weighted by molar-refractivity contribution is 7.13. The fourth-order valence-corrected chi connectivity index (χ4v) is 2.03. The van der Waals surface area contributed by atoms with E-state index >= 15 is 0 Å². The molecule has 0 aromatic carbocycles. The number of carbonyl (C=O) groups is 1. The standard InChI is InChI=1S/C9H13ClN2OS/c1-3-4-12(2)9-11-7(6-14-9)8(13)5-10/h6H,3-5H2,1-2H3. The van der Waals surface area contributed by atoms with Crippen LogP contribution in [0.4, 0.5) is 5.13 Å². The molecule has 0 bridgehead atoms. The van der Waals surface area contributed by atoms with Crippen LogP contribution < -0.4 is 4.90 Å². The first-order chi connectivity index (χ1) is 6.69. The Labute approximate surface area is 92.7 Å². The molecule has 1 aromatic rings. The molecule has 78 valence electrons. The van der Waals surface area contributed by atoms with Crippen molar-refractivity contribution in [3.05, 3.63) is 11.1 Å². The molecular weight excluding hydrogens is 220 g/mol. The van der Waals surface area contributed by atoms with Gasteiger partial charge in [-0.05, 0) is 6.42 Å². The number of carbonyl (C=O) groups excluding carboxylic acids is 1. The highest BCUT2D eigenvalue weighted by Gasteiger charge is 2.11. The second-order valence-electron chi connectivity index (χ2n) is 2.99. The number of aromatic nitrogens is 1. The summed E-state index contributed by atoms with van der Waals surface area (Å²) in [7, 11) is 1.97. The Kier molecular flexibility index (Phi) is 4.35. The van der Waals surface area contributed by atoms with Gasteiger partial charge in [0.25, 0.3) is 0 Å². The minimum absolute atomic E-state index is 0.000660. The van der Waals surface area contributed by atoms with E-state index in [1.165, 1.54) is 11.3 Å². The van der Waals surface area contributed by atoms with Crippen molar-refractivity contribution in [2.45, 2.75) is 13.3 Å². The lowest BCUT2D eigenvalue weighted by molar-refractivity contribution is 0.101. The van der Waals surface area contributed by atoms with Gasteiger partial charge in [0.15, 0.2) is 10.9 Å². The number of anilines is 1. The average molecular weight is 233 g/mol. The quantitative estimate of drug-likeness (QED) is 0.578. The molecule has 0 aliphatic carbocycles. The van der Waals surface area contributed by atoms with Crippen molar-refractivity contribution in [2.75, 3.05) is 24.4 Å². The van der Waals surface area contributed by atoms with E-state index in [-0.39, 0.29) is 11.7 Å². The monoisotopic (exact) mass is 232 g/mol. The van der Waals surface area contributed by atoms with Gasteiger partial charge in [-0.1, -0.05) is 6.92 Å². The zero-order valence-corrected chi connectivity index (χ0v) is 9.86. The van der Waals surface area contributed by atoms with E-state index < -0.39 is 0 Å². The number of thiazole rings is 1. The summed E-state index contributed by atoms with van der Waals surface area (Å²) in [6.07, 6.45) is 1.06. The molecule has 0 aliphatic heterocycles. The van der Waals surface area contributed by atoms with Crippen LogP contribution in [-0.2, 0) is 0 Å². The first kappa shape index (κ1) is 11.5. The predicted octanol–water partition coefficient (Wildman–Crippen LogP) is 2.41. The summed E-state index contributed by atoms with van der Waals surface area (Å²) in [6, 6.07) is 0. The number of halogens is 1. The van der Waals surface area contributed by atoms with Crippen molar-refractivity contribution in [3.63, 3.8) is 0 Å². The first-order valence-electron chi connectivity index (χ1n) is 4.44. The summed E-state index contributed by atoms with van der Waals surface area (Å²) in [5.74, 6) is -0.111. The molecule has 0 N–H and O–H groups in total. The van der Waals surface area contributed by atoms with Gasteiger partial charge in [0.1, 0.15) is 5.69 Å². The van der Waals surface area contributed by atoms with Crippen LogP contribution in [0.5, 0.6) is 0 Å². The van der Waals surface area contributed by atoms with Crippen LogP contribution in [0.2, 0.25) is 0 Å². The average Bonchev–Trinajstić information content (AvgIpc) is 2.66. The van der Waals surface area contributed by atoms with Crippen LogP contribution >= 0.6 is 22.9 Å². The minimum atomic E-state index is -0.112. The lowest BCUT2D eigenvalue weighted by Gasteiger charge is -2.13. The second-order valence-corrected chi connectivity index (χ2v) is 4.10. The lowest BCUT2D eigenvalue weighted by atomic mass is 10.3. The Morgan fingerprint density at radius 1 is 1.71 bits per heavy atom. The van der Waals surface area contributed by atoms with Crippen molar-refractivity contribution in [1.29, 1.82) is 0 Å². The van der Waals surface area contributed by atoms with Gasteiger partial charge >= 0.3 is 0 Å². The molecule has 0 unspecified atom stereocenters. The Bertz CT molecular complexity index is 314. The van der Waals surface area contributed by atoms with Crippen LogP contribution in [0.15, 0.2) is 5.38 Å². The molecule has 3 nitrogen and oxygen atoms in total. The Morgan fingerprint density at radius 3 is 3.00 bits per heavy atom. The third kappa shape index (κ3) is 2.69. The van der Waals surface area contributed by atoms with Gasteiger partial charge in [-0.3, -0.25) is 4.79 Å². The summed E-state index contributed by atoms with van der Waals surface area (Å²) in [5.41, 5.74) is 0.475. The van der Waals surface area contributed by atoms with E-state index in [2.05, 4.69) is 11.9 Å². The smallest absolute Gasteiger partial charge is 0.196 e. The van der Waals surface area contributed by atoms with Crippen molar-refractivity contribution in [2.24, 2.45) is 0 Å². The SMILES string of the molecule is CCCN(C)c1nc(C(=O)CCl)cs1. The fraction of sp³-hybridized carbons (Fsp3) is 0.556. The number of alkyl halides is 1. The molecule has 0 fully saturated rings. The second kappa shape index (κ2) is 5.32. The first-order valence-corrected chi connectivity index (χ1v) is 5.86. The Hall–Kier alpha value is -0.610. The molecular formula is C9H13ClN2OS. The highest BCUT2D eigenvalue weighted by Crippen LogP contribution is 2.19. The number of hydrogen-bond donors (Lipinski definition) is 0. The van der Waals surface area contributed by atoms with Crippen LogP contribution in [-0.4, -0.2) is 30.2 Å². The number of rotatable bonds is 5. The van der Waals surface area contributed by atoms with Crippen LogP contribution in [0, 0.1) is 0 Å². The van der Waals surface area contributed by atoms with Gasteiger partial charge < -0.3 is 4.90 Å². The maximum absolute atomic E-state index is 11.2. The number of hydrogen-bond acceptors (Lipinski definition) is 4. The van der Waals surface area contributed by atoms with E-state index in [4.69, 9.17) is 11.6 Å². The topological polar surface area (TPSA) is 33.2 Å². The third-order valence-electron chi connectivity index (χ3n) is 1.78. The van der Waals surface area contributed by atoms with Crippen LogP contribution in [0.1, 0.15) is 23.8 Å². The zero-order chi connectivity index (χ0) is 10.6. The summed E-state index contributed by atoms with van der Waals surface area (Å²) < 4.78 is 0. The Balaban J connectivity index is 2.72. The van der Waals surface area contributed by atoms with Crippen molar-refractivity contribution >= 4 is 33.9 Å². The molecule has 1 heterocycles. The molecule has 1 aromatic heterocycles. The Morgan fingerprint density at radius 2 is 2.43 bits per heavy atom.